The van der Waals surface area contributed by atoms with E-state index in [2.05, 4.69) is 10.0 Å². The van der Waals surface area contributed by atoms with E-state index >= 15 is 0 Å². The van der Waals surface area contributed by atoms with Gasteiger partial charge in [0, 0.05) is 6.04 Å². The van der Waals surface area contributed by atoms with E-state index < -0.39 is 10.0 Å². The second-order valence-electron chi connectivity index (χ2n) is 4.84. The van der Waals surface area contributed by atoms with Gasteiger partial charge >= 0.3 is 0 Å². The van der Waals surface area contributed by atoms with Gasteiger partial charge in [0.1, 0.15) is 0 Å². The molecule has 19 heavy (non-hydrogen) atoms. The van der Waals surface area contributed by atoms with Crippen molar-refractivity contribution >= 4 is 10.0 Å². The Morgan fingerprint density at radius 1 is 1.16 bits per heavy atom. The third-order valence-corrected chi connectivity index (χ3v) is 4.44. The topological polar surface area (TPSA) is 58.2 Å². The Labute approximate surface area is 116 Å². The molecular formula is C14H24N2O2S. The molecule has 0 heterocycles. The number of benzene rings is 1. The Morgan fingerprint density at radius 2 is 1.84 bits per heavy atom. The normalized spacial score (nSPS) is 13.4. The fraction of sp³-hybridized carbons (Fsp3) is 0.571. The lowest BCUT2D eigenvalue weighted by Crippen LogP contribution is -2.35. The fourth-order valence-corrected chi connectivity index (χ4v) is 3.37. The van der Waals surface area contributed by atoms with Crippen molar-refractivity contribution in [1.82, 2.24) is 10.0 Å². The number of nitrogens with one attached hydrogen (secondary N) is 2. The molecule has 0 aliphatic heterocycles. The highest BCUT2D eigenvalue weighted by atomic mass is 32.2. The molecule has 1 unspecified atom stereocenters. The lowest BCUT2D eigenvalue weighted by Gasteiger charge is -2.14. The number of sulfonamides is 1. The van der Waals surface area contributed by atoms with Crippen LogP contribution in [0.5, 0.6) is 0 Å². The van der Waals surface area contributed by atoms with Crippen molar-refractivity contribution in [3.63, 3.8) is 0 Å². The minimum atomic E-state index is -3.16. The highest BCUT2D eigenvalue weighted by molar-refractivity contribution is 7.89. The van der Waals surface area contributed by atoms with Crippen molar-refractivity contribution < 1.29 is 8.42 Å². The average molecular weight is 284 g/mol. The average Bonchev–Trinajstić information content (AvgIpc) is 2.35. The largest absolute Gasteiger partial charge is 0.320 e. The van der Waals surface area contributed by atoms with Crippen LogP contribution < -0.4 is 10.0 Å². The lowest BCUT2D eigenvalue weighted by atomic mass is 10.1. The van der Waals surface area contributed by atoms with E-state index in [0.717, 1.165) is 24.9 Å². The van der Waals surface area contributed by atoms with Gasteiger partial charge in [0.05, 0.1) is 5.75 Å². The SMILES string of the molecule is CNCCCCS(=O)(=O)NC(C)Cc1ccccc1. The molecule has 2 N–H and O–H groups in total. The zero-order chi connectivity index (χ0) is 14.1. The zero-order valence-electron chi connectivity index (χ0n) is 11.7. The molecule has 0 aliphatic rings. The first-order valence-electron chi connectivity index (χ1n) is 6.72. The summed E-state index contributed by atoms with van der Waals surface area (Å²) < 4.78 is 26.5. The molecular weight excluding hydrogens is 260 g/mol. The van der Waals surface area contributed by atoms with E-state index in [-0.39, 0.29) is 11.8 Å². The van der Waals surface area contributed by atoms with E-state index in [9.17, 15) is 8.42 Å². The Morgan fingerprint density at radius 3 is 2.47 bits per heavy atom. The molecule has 0 aromatic heterocycles. The van der Waals surface area contributed by atoms with E-state index in [4.69, 9.17) is 0 Å². The second kappa shape index (κ2) is 8.30. The third kappa shape index (κ3) is 7.30. The van der Waals surface area contributed by atoms with Gasteiger partial charge in [0.2, 0.25) is 10.0 Å². The maximum atomic E-state index is 11.9. The smallest absolute Gasteiger partial charge is 0.211 e. The fourth-order valence-electron chi connectivity index (χ4n) is 1.97. The van der Waals surface area contributed by atoms with Crippen LogP contribution in [0, 0.1) is 0 Å². The summed E-state index contributed by atoms with van der Waals surface area (Å²) in [5.74, 6) is 0.202. The standard InChI is InChI=1S/C14H24N2O2S/c1-13(12-14-8-4-3-5-9-14)16-19(17,18)11-7-6-10-15-2/h3-5,8-9,13,15-16H,6-7,10-12H2,1-2H3. The van der Waals surface area contributed by atoms with Crippen LogP contribution in [-0.4, -0.2) is 33.8 Å². The maximum absolute atomic E-state index is 11.9. The Hall–Kier alpha value is -0.910. The summed E-state index contributed by atoms with van der Waals surface area (Å²) in [6, 6.07) is 9.84. The third-order valence-electron chi connectivity index (χ3n) is 2.86. The van der Waals surface area contributed by atoms with Crippen molar-refractivity contribution in [2.24, 2.45) is 0 Å². The molecule has 4 nitrogen and oxygen atoms in total. The minimum Gasteiger partial charge on any atom is -0.320 e. The first-order chi connectivity index (χ1) is 9.03. The summed E-state index contributed by atoms with van der Waals surface area (Å²) in [6.45, 7) is 2.76. The van der Waals surface area contributed by atoms with Gasteiger partial charge in [0.15, 0.2) is 0 Å². The summed E-state index contributed by atoms with van der Waals surface area (Å²) in [6.07, 6.45) is 2.29. The van der Waals surface area contributed by atoms with Crippen LogP contribution in [0.3, 0.4) is 0 Å². The molecule has 0 aliphatic carbocycles. The van der Waals surface area contributed by atoms with Gasteiger partial charge in [-0.3, -0.25) is 0 Å². The van der Waals surface area contributed by atoms with Crippen molar-refractivity contribution in [2.45, 2.75) is 32.2 Å². The van der Waals surface area contributed by atoms with Gasteiger partial charge in [-0.1, -0.05) is 30.3 Å². The lowest BCUT2D eigenvalue weighted by molar-refractivity contribution is 0.555. The second-order valence-corrected chi connectivity index (χ2v) is 6.71. The quantitative estimate of drug-likeness (QED) is 0.676. The molecule has 1 aromatic carbocycles. The first-order valence-corrected chi connectivity index (χ1v) is 8.37. The van der Waals surface area contributed by atoms with Crippen molar-refractivity contribution in [1.29, 1.82) is 0 Å². The van der Waals surface area contributed by atoms with E-state index in [1.54, 1.807) is 0 Å². The number of rotatable bonds is 9. The molecule has 0 saturated carbocycles. The van der Waals surface area contributed by atoms with E-state index in [0.29, 0.717) is 6.42 Å². The highest BCUT2D eigenvalue weighted by Gasteiger charge is 2.14. The molecule has 0 bridgehead atoms. The molecule has 0 radical (unpaired) electrons. The Kier molecular flexibility index (Phi) is 7.05. The Balaban J connectivity index is 2.36. The predicted molar refractivity (Wildman–Crippen MR) is 79.7 cm³/mol. The molecule has 0 amide bonds. The molecule has 108 valence electrons. The maximum Gasteiger partial charge on any atom is 0.211 e. The Bertz CT molecular complexity index is 446. The summed E-state index contributed by atoms with van der Waals surface area (Å²) >= 11 is 0. The first kappa shape index (κ1) is 16.1. The van der Waals surface area contributed by atoms with Crippen molar-refractivity contribution in [2.75, 3.05) is 19.3 Å². The summed E-state index contributed by atoms with van der Waals surface area (Å²) in [4.78, 5) is 0. The highest BCUT2D eigenvalue weighted by Crippen LogP contribution is 2.04. The molecule has 1 rings (SSSR count). The van der Waals surface area contributed by atoms with Crippen LogP contribution in [0.4, 0.5) is 0 Å². The summed E-state index contributed by atoms with van der Waals surface area (Å²) in [7, 11) is -1.29. The van der Waals surface area contributed by atoms with Crippen LogP contribution >= 0.6 is 0 Å². The van der Waals surface area contributed by atoms with Gasteiger partial charge in [-0.25, -0.2) is 13.1 Å². The van der Waals surface area contributed by atoms with Crippen LogP contribution in [0.25, 0.3) is 0 Å². The number of hydrogen-bond donors (Lipinski definition) is 2. The van der Waals surface area contributed by atoms with Gasteiger partial charge < -0.3 is 5.32 Å². The summed E-state index contributed by atoms with van der Waals surface area (Å²) in [5.41, 5.74) is 1.15. The van der Waals surface area contributed by atoms with Gasteiger partial charge in [-0.05, 0) is 45.3 Å². The molecule has 0 saturated heterocycles. The van der Waals surface area contributed by atoms with E-state index in [1.807, 2.05) is 44.3 Å². The van der Waals surface area contributed by atoms with Crippen LogP contribution in [0.15, 0.2) is 30.3 Å². The molecule has 1 aromatic rings. The molecule has 5 heteroatoms. The zero-order valence-corrected chi connectivity index (χ0v) is 12.5. The van der Waals surface area contributed by atoms with Crippen LogP contribution in [0.1, 0.15) is 25.3 Å². The number of unbranched alkanes of at least 4 members (excludes halogenated alkanes) is 1. The van der Waals surface area contributed by atoms with Crippen LogP contribution in [0.2, 0.25) is 0 Å². The van der Waals surface area contributed by atoms with Crippen molar-refractivity contribution in [3.05, 3.63) is 35.9 Å². The van der Waals surface area contributed by atoms with Gasteiger partial charge in [-0.2, -0.15) is 0 Å². The van der Waals surface area contributed by atoms with Gasteiger partial charge in [0.25, 0.3) is 0 Å². The predicted octanol–water partition coefficient (Wildman–Crippen LogP) is 1.54. The monoisotopic (exact) mass is 284 g/mol. The number of hydrogen-bond acceptors (Lipinski definition) is 3. The molecule has 1 atom stereocenters. The summed E-state index contributed by atoms with van der Waals surface area (Å²) in [5, 5.41) is 3.01. The minimum absolute atomic E-state index is 0.0725. The molecule has 0 fully saturated rings. The molecule has 0 spiro atoms. The van der Waals surface area contributed by atoms with Gasteiger partial charge in [-0.15, -0.1) is 0 Å². The van der Waals surface area contributed by atoms with E-state index in [1.165, 1.54) is 0 Å². The van der Waals surface area contributed by atoms with Crippen LogP contribution in [-0.2, 0) is 16.4 Å². The van der Waals surface area contributed by atoms with Crippen molar-refractivity contribution in [3.8, 4) is 0 Å².